The molecule has 0 radical (unpaired) electrons. The number of hydrogen-bond acceptors (Lipinski definition) is 23. The Bertz CT molecular complexity index is 1580. The number of carbonyl (C=O) groups is 2. The van der Waals surface area contributed by atoms with E-state index >= 15 is 0 Å². The van der Waals surface area contributed by atoms with Crippen molar-refractivity contribution >= 4 is 52.4 Å². The first-order valence-electron chi connectivity index (χ1n) is 18.5. The summed E-state index contributed by atoms with van der Waals surface area (Å²) < 4.78 is 157. The van der Waals surface area contributed by atoms with Gasteiger partial charge in [0.2, 0.25) is 0 Å². The summed E-state index contributed by atoms with van der Waals surface area (Å²) in [6.45, 7) is 5.39. The molecule has 0 aromatic heterocycles. The first-order valence-corrected chi connectivity index (χ1v) is 24.8. The smallest absolute Gasteiger partial charge is 0.327 e. The van der Waals surface area contributed by atoms with Gasteiger partial charge in [0.15, 0.2) is 5.25 Å². The van der Waals surface area contributed by atoms with Crippen molar-refractivity contribution in [2.75, 3.05) is 166 Å². The minimum Gasteiger partial charge on any atom is -0.469 e. The van der Waals surface area contributed by atoms with Crippen molar-refractivity contribution in [2.45, 2.75) is 29.7 Å². The van der Waals surface area contributed by atoms with Gasteiger partial charge >= 0.3 is 11.9 Å². The van der Waals surface area contributed by atoms with Crippen molar-refractivity contribution in [2.24, 2.45) is 0 Å². The van der Waals surface area contributed by atoms with Crippen LogP contribution in [0.2, 0.25) is 0 Å². The summed E-state index contributed by atoms with van der Waals surface area (Å²) in [6.07, 6.45) is -1.66. The summed E-state index contributed by atoms with van der Waals surface area (Å²) in [5.74, 6) is -3.39. The quantitative estimate of drug-likeness (QED) is 0.0188. The van der Waals surface area contributed by atoms with Crippen LogP contribution < -0.4 is 5.32 Å². The summed E-state index contributed by atoms with van der Waals surface area (Å²) >= 11 is 0. The Morgan fingerprint density at radius 2 is 1.03 bits per heavy atom. The predicted octanol–water partition coefficient (Wildman–Crippen LogP) is -3.84. The van der Waals surface area contributed by atoms with Gasteiger partial charge in [-0.25, -0.2) is 0 Å². The molecule has 27 nitrogen and oxygen atoms in total. The monoisotopic (exact) mass is 1010 g/mol. The molecule has 0 amide bonds. The molecule has 382 valence electrons. The van der Waals surface area contributed by atoms with Crippen LogP contribution in [-0.4, -0.2) is 267 Å². The highest BCUT2D eigenvalue weighted by Gasteiger charge is 2.35. The molecule has 31 heteroatoms. The average Bonchev–Trinajstić information content (AvgIpc) is 3.17. The molecule has 7 N–H and O–H groups in total. The van der Waals surface area contributed by atoms with Crippen molar-refractivity contribution in [1.29, 1.82) is 0 Å². The van der Waals surface area contributed by atoms with Gasteiger partial charge in [-0.1, -0.05) is 0 Å². The van der Waals surface area contributed by atoms with E-state index in [0.29, 0.717) is 59.2 Å². The molecule has 2 atom stereocenters. The normalized spacial score (nSPS) is 13.1. The number of ether oxygens (including phenoxy) is 8. The Hall–Kier alpha value is -1.86. The molecule has 63 heavy (non-hydrogen) atoms. The van der Waals surface area contributed by atoms with Gasteiger partial charge in [0.05, 0.1) is 90.0 Å². The third kappa shape index (κ3) is 45.1. The van der Waals surface area contributed by atoms with Crippen LogP contribution in [0.3, 0.4) is 0 Å². The van der Waals surface area contributed by atoms with Crippen LogP contribution in [0, 0.1) is 0 Å². The molecule has 0 heterocycles. The maximum absolute atomic E-state index is 10.8. The second-order valence-corrected chi connectivity index (χ2v) is 19.2. The minimum atomic E-state index is -4.66. The highest BCUT2D eigenvalue weighted by Crippen LogP contribution is 2.08. The fourth-order valence-electron chi connectivity index (χ4n) is 4.48. The number of carbonyl (C=O) groups excluding carboxylic acids is 2. The Kier molecular flexibility index (Phi) is 41.1. The molecule has 0 saturated heterocycles. The van der Waals surface area contributed by atoms with E-state index in [9.17, 15) is 53.5 Å². The van der Waals surface area contributed by atoms with E-state index in [2.05, 4.69) is 14.8 Å². The summed E-state index contributed by atoms with van der Waals surface area (Å²) in [6, 6.07) is 0. The molecule has 0 aromatic rings. The topological polar surface area (TPSA) is 384 Å². The van der Waals surface area contributed by atoms with E-state index in [4.69, 9.17) is 46.6 Å². The maximum atomic E-state index is 10.8. The molecule has 0 fully saturated rings. The van der Waals surface area contributed by atoms with Gasteiger partial charge in [0, 0.05) is 81.9 Å². The lowest BCUT2D eigenvalue weighted by molar-refractivity contribution is -0.146. The third-order valence-electron chi connectivity index (χ3n) is 7.61. The van der Waals surface area contributed by atoms with Gasteiger partial charge in [-0.15, -0.1) is 0 Å². The lowest BCUT2D eigenvalue weighted by atomic mass is 10.0. The lowest BCUT2D eigenvalue weighted by Crippen LogP contribution is -2.56. The standard InChI is InChI=1S/2C9H21NO6S.C8H19NO5S.C6H10O7S/c1-15-5-3-10(4-6-16-2)7-9(11)8-17(12,13)14;1-15-7-9(6-11,8-16-2)10-4-3-5-17(12,13)14;1-13-6-3-9(4-7-14-2)5-8-15(10,11)12;1-12-5(7)3-4(6(8)13-2)14(9,10)11/h9,11H,3-8H2,1-2H3,(H,12,13,14);10-11H,3-8H2,1-2H3,(H,12,13,14);3-8H2,1-2H3,(H,10,11,12);4H,3H2,1-2H3,(H,9,10,11). The van der Waals surface area contributed by atoms with Crippen LogP contribution in [0.4, 0.5) is 0 Å². The predicted molar refractivity (Wildman–Crippen MR) is 226 cm³/mol. The second-order valence-electron chi connectivity index (χ2n) is 13.0. The summed E-state index contributed by atoms with van der Waals surface area (Å²) in [7, 11) is -5.39. The fourth-order valence-corrected chi connectivity index (χ4v) is 6.75. The van der Waals surface area contributed by atoms with E-state index in [0.717, 1.165) is 14.2 Å². The SMILES string of the molecule is COC(=O)CC(C(=O)OC)S(=O)(=O)O.COCC(CO)(COC)NCCCS(=O)(=O)O.COCCN(CCOC)CC(O)CS(=O)(=O)O.COCCN(CCOC)CCS(=O)(=O)O. The first kappa shape index (κ1) is 67.7. The lowest BCUT2D eigenvalue weighted by Gasteiger charge is -2.31. The average molecular weight is 1010 g/mol. The fraction of sp³-hybridized carbons (Fsp3) is 0.938. The summed E-state index contributed by atoms with van der Waals surface area (Å²) in [5, 5.41) is 19.9. The van der Waals surface area contributed by atoms with Crippen LogP contribution in [0.15, 0.2) is 0 Å². The van der Waals surface area contributed by atoms with Crippen LogP contribution in [0.25, 0.3) is 0 Å². The zero-order valence-electron chi connectivity index (χ0n) is 37.1. The molecule has 0 bridgehead atoms. The number of hydrogen-bond donors (Lipinski definition) is 7. The Labute approximate surface area is 371 Å². The van der Waals surface area contributed by atoms with E-state index in [-0.39, 0.29) is 50.8 Å². The Morgan fingerprint density at radius 3 is 1.35 bits per heavy atom. The summed E-state index contributed by atoms with van der Waals surface area (Å²) in [4.78, 5) is 25.2. The van der Waals surface area contributed by atoms with Gasteiger partial charge in [-0.3, -0.25) is 37.6 Å². The van der Waals surface area contributed by atoms with Gasteiger partial charge in [0.25, 0.3) is 40.5 Å². The highest BCUT2D eigenvalue weighted by molar-refractivity contribution is 7.87. The molecule has 0 spiro atoms. The number of nitrogens with one attached hydrogen (secondary N) is 1. The Balaban J connectivity index is -0.000000370. The van der Waals surface area contributed by atoms with E-state index in [1.807, 2.05) is 9.80 Å². The van der Waals surface area contributed by atoms with E-state index in [1.165, 1.54) is 14.2 Å². The summed E-state index contributed by atoms with van der Waals surface area (Å²) in [5.41, 5.74) is -0.747. The Morgan fingerprint density at radius 1 is 0.603 bits per heavy atom. The van der Waals surface area contributed by atoms with Crippen LogP contribution in [0.5, 0.6) is 0 Å². The number of rotatable bonds is 33. The number of aliphatic hydroxyl groups is 2. The van der Waals surface area contributed by atoms with Crippen LogP contribution in [-0.2, 0) is 88.0 Å². The van der Waals surface area contributed by atoms with Gasteiger partial charge in [0.1, 0.15) is 5.75 Å². The van der Waals surface area contributed by atoms with Crippen LogP contribution >= 0.6 is 0 Å². The molecular weight excluding hydrogens is 939 g/mol. The molecule has 0 aliphatic heterocycles. The molecule has 0 aliphatic carbocycles. The van der Waals surface area contributed by atoms with Crippen molar-refractivity contribution in [3.63, 3.8) is 0 Å². The van der Waals surface area contributed by atoms with Crippen molar-refractivity contribution in [3.05, 3.63) is 0 Å². The second kappa shape index (κ2) is 38.3. The van der Waals surface area contributed by atoms with E-state index in [1.54, 1.807) is 28.4 Å². The number of nitrogens with zero attached hydrogens (tertiary/aromatic N) is 2. The number of aliphatic hydroxyl groups excluding tert-OH is 2. The van der Waals surface area contributed by atoms with Crippen molar-refractivity contribution < 1.29 is 110 Å². The maximum Gasteiger partial charge on any atom is 0.327 e. The molecular formula is C32H71N3O24S4. The molecule has 2 unspecified atom stereocenters. The number of methoxy groups -OCH3 is 8. The number of esters is 2. The third-order valence-corrected chi connectivity index (χ3v) is 11.0. The molecule has 0 aliphatic rings. The molecule has 0 rings (SSSR count). The zero-order valence-corrected chi connectivity index (χ0v) is 40.4. The zero-order chi connectivity index (χ0) is 49.8. The molecule has 0 saturated carbocycles. The van der Waals surface area contributed by atoms with Crippen molar-refractivity contribution in [1.82, 2.24) is 15.1 Å². The largest absolute Gasteiger partial charge is 0.469 e. The van der Waals surface area contributed by atoms with Crippen molar-refractivity contribution in [3.8, 4) is 0 Å². The van der Waals surface area contributed by atoms with Gasteiger partial charge in [-0.05, 0) is 13.0 Å². The highest BCUT2D eigenvalue weighted by atomic mass is 32.2. The van der Waals surface area contributed by atoms with E-state index < -0.39 is 81.5 Å². The first-order chi connectivity index (χ1) is 29.1. The van der Waals surface area contributed by atoms with Crippen LogP contribution in [0.1, 0.15) is 12.8 Å². The van der Waals surface area contributed by atoms with Gasteiger partial charge < -0.3 is 53.4 Å². The minimum absolute atomic E-state index is 0.145. The van der Waals surface area contributed by atoms with Gasteiger partial charge in [-0.2, -0.15) is 33.7 Å². The molecule has 0 aromatic carbocycles.